The van der Waals surface area contributed by atoms with Gasteiger partial charge in [0.25, 0.3) is 0 Å². The molecule has 0 aliphatic carbocycles. The molecule has 0 heterocycles. The Balaban J connectivity index is 2.54. The Labute approximate surface area is 198 Å². The fraction of sp³-hybridized carbons (Fsp3) is 0.500. The van der Waals surface area contributed by atoms with E-state index in [0.29, 0.717) is 0 Å². The Bertz CT molecular complexity index is 925. The summed E-state index contributed by atoms with van der Waals surface area (Å²) in [6, 6.07) is 13.1. The van der Waals surface area contributed by atoms with Crippen LogP contribution in [0.2, 0.25) is 0 Å². The number of aryl methyl sites for hydroxylation is 4. The molecule has 2 aromatic rings. The van der Waals surface area contributed by atoms with Gasteiger partial charge in [0.15, 0.2) is 0 Å². The van der Waals surface area contributed by atoms with E-state index in [0.717, 1.165) is 49.2 Å². The third-order valence-electron chi connectivity index (χ3n) is 6.04. The molecular formula is C28H40N2Ni+. The van der Waals surface area contributed by atoms with E-state index in [9.17, 15) is 0 Å². The zero-order valence-electron chi connectivity index (χ0n) is 20.3. The van der Waals surface area contributed by atoms with Gasteiger partial charge in [-0.05, 0) is 0 Å². The first-order valence-electron chi connectivity index (χ1n) is 11.9. The summed E-state index contributed by atoms with van der Waals surface area (Å²) in [5.41, 5.74) is 9.68. The first kappa shape index (κ1) is 25.5. The van der Waals surface area contributed by atoms with E-state index in [-0.39, 0.29) is 0 Å². The summed E-state index contributed by atoms with van der Waals surface area (Å²) in [6.45, 7) is 13.1. The molecular weight excluding hydrogens is 423 g/mol. The number of rotatable bonds is 11. The molecule has 171 valence electrons. The predicted molar refractivity (Wildman–Crippen MR) is 132 cm³/mol. The minimum absolute atomic E-state index is 0.969. The van der Waals surface area contributed by atoms with Crippen LogP contribution in [0.4, 0.5) is 11.4 Å². The van der Waals surface area contributed by atoms with Crippen molar-refractivity contribution in [1.82, 2.24) is 0 Å². The summed E-state index contributed by atoms with van der Waals surface area (Å²) < 4.78 is 2.02. The van der Waals surface area contributed by atoms with Crippen molar-refractivity contribution in [2.75, 3.05) is 0 Å². The summed E-state index contributed by atoms with van der Waals surface area (Å²) in [6.07, 6.45) is 9.15. The van der Waals surface area contributed by atoms with Crippen LogP contribution in [-0.4, -0.2) is 15.1 Å². The number of aliphatic imine (C=N–C) groups is 1. The topological polar surface area (TPSA) is 15.4 Å². The molecule has 0 aromatic heterocycles. The van der Waals surface area contributed by atoms with E-state index in [4.69, 9.17) is 20.7 Å². The molecule has 0 N–H and O–H groups in total. The second-order valence-electron chi connectivity index (χ2n) is 8.71. The summed E-state index contributed by atoms with van der Waals surface area (Å²) in [5, 5.41) is 0. The zero-order valence-corrected chi connectivity index (χ0v) is 21.3. The summed E-state index contributed by atoms with van der Waals surface area (Å²) in [4.78, 5) is 5.16. The summed E-state index contributed by atoms with van der Waals surface area (Å²) in [7, 11) is 0. The van der Waals surface area contributed by atoms with Crippen LogP contribution in [0.15, 0.2) is 41.4 Å². The number of hydrogen-bond acceptors (Lipinski definition) is 1. The maximum atomic E-state index is 5.63. The van der Waals surface area contributed by atoms with E-state index in [1.54, 1.807) is 0 Å². The van der Waals surface area contributed by atoms with E-state index in [1.807, 2.05) is 3.66 Å². The number of benzene rings is 2. The number of hydrogen-bond donors (Lipinski definition) is 0. The average molecular weight is 463 g/mol. The van der Waals surface area contributed by atoms with Gasteiger partial charge in [-0.15, -0.1) is 0 Å². The monoisotopic (exact) mass is 462 g/mol. The fourth-order valence-corrected chi connectivity index (χ4v) is 3.99. The first-order valence-corrected chi connectivity index (χ1v) is 12.3. The van der Waals surface area contributed by atoms with Gasteiger partial charge in [0.2, 0.25) is 0 Å². The van der Waals surface area contributed by atoms with E-state index in [2.05, 4.69) is 77.9 Å². The molecule has 2 aromatic carbocycles. The van der Waals surface area contributed by atoms with E-state index < -0.39 is 0 Å². The van der Waals surface area contributed by atoms with Crippen molar-refractivity contribution < 1.29 is 19.3 Å². The average Bonchev–Trinajstić information content (AvgIpc) is 2.75. The van der Waals surface area contributed by atoms with Crippen molar-refractivity contribution in [3.8, 4) is 0 Å². The molecule has 3 heteroatoms. The molecule has 0 aliphatic heterocycles. The van der Waals surface area contributed by atoms with Crippen LogP contribution in [0.25, 0.3) is 0 Å². The van der Waals surface area contributed by atoms with Crippen molar-refractivity contribution in [2.24, 2.45) is 4.99 Å². The Kier molecular flexibility index (Phi) is 10.7. The Morgan fingerprint density at radius 3 is 2.00 bits per heavy atom. The van der Waals surface area contributed by atoms with Gasteiger partial charge in [0, 0.05) is 0 Å². The standard InChI is InChI=1S/C28H40N2.Ni/c1-7-9-11-12-14-28(30-26-18-16-22(4)24(6)20-26)27(13-10-8-2)29-25-17-15-21(3)23(5)19-25;/h15-20H,7-14H2,1-6H3;/q;+1. The molecule has 2 nitrogen and oxygen atoms in total. The Morgan fingerprint density at radius 2 is 1.39 bits per heavy atom. The fourth-order valence-electron chi connectivity index (χ4n) is 3.61. The Morgan fingerprint density at radius 1 is 0.742 bits per heavy atom. The van der Waals surface area contributed by atoms with Gasteiger partial charge in [-0.3, -0.25) is 0 Å². The molecule has 0 spiro atoms. The molecule has 0 saturated carbocycles. The van der Waals surface area contributed by atoms with Crippen LogP contribution in [0.3, 0.4) is 0 Å². The first-order chi connectivity index (χ1) is 14.9. The number of nitrogens with zero attached hydrogens (tertiary/aromatic N) is 2. The molecule has 0 saturated heterocycles. The Hall–Kier alpha value is -1.73. The summed E-state index contributed by atoms with van der Waals surface area (Å²) in [5.74, 6) is 0. The van der Waals surface area contributed by atoms with Crippen LogP contribution in [0, 0.1) is 27.7 Å². The molecule has 0 amide bonds. The second-order valence-corrected chi connectivity index (χ2v) is 9.15. The zero-order chi connectivity index (χ0) is 22.8. The predicted octanol–water partition coefficient (Wildman–Crippen LogP) is 8.40. The van der Waals surface area contributed by atoms with Gasteiger partial charge in [-0.1, -0.05) is 0 Å². The van der Waals surface area contributed by atoms with Crippen LogP contribution in [0.5, 0.6) is 0 Å². The van der Waals surface area contributed by atoms with Gasteiger partial charge in [-0.2, -0.15) is 0 Å². The molecule has 31 heavy (non-hydrogen) atoms. The molecule has 0 radical (unpaired) electrons. The third-order valence-corrected chi connectivity index (χ3v) is 6.57. The quantitative estimate of drug-likeness (QED) is 0.181. The molecule has 0 unspecified atom stereocenters. The third kappa shape index (κ3) is 7.72. The van der Waals surface area contributed by atoms with Crippen LogP contribution >= 0.6 is 0 Å². The number of unbranched alkanes of at least 4 members (excludes halogenated alkanes) is 4. The normalized spacial score (nSPS) is 12.8. The van der Waals surface area contributed by atoms with Gasteiger partial charge < -0.3 is 0 Å². The molecule has 2 rings (SSSR count). The van der Waals surface area contributed by atoms with Crippen molar-refractivity contribution >= 4 is 22.8 Å². The van der Waals surface area contributed by atoms with Crippen LogP contribution in [0.1, 0.15) is 87.5 Å². The van der Waals surface area contributed by atoms with Gasteiger partial charge in [0.05, 0.1) is 0 Å². The molecule has 0 bridgehead atoms. The van der Waals surface area contributed by atoms with Crippen molar-refractivity contribution in [1.29, 1.82) is 0 Å². The molecule has 0 aliphatic rings. The van der Waals surface area contributed by atoms with Crippen molar-refractivity contribution in [2.45, 2.75) is 92.9 Å². The van der Waals surface area contributed by atoms with E-state index in [1.165, 1.54) is 47.2 Å². The van der Waals surface area contributed by atoms with E-state index >= 15 is 0 Å². The molecule has 0 fully saturated rings. The second kappa shape index (κ2) is 13.0. The van der Waals surface area contributed by atoms with Crippen molar-refractivity contribution in [3.63, 3.8) is 0 Å². The maximum absolute atomic E-state index is 5.63. The SMILES string of the molecule is CCCCCCC(C(CCCC)=Nc1ccc(C)c(C)c1)=[N+]([Ni])c1ccc(C)c(C)c1. The summed E-state index contributed by atoms with van der Waals surface area (Å²) >= 11 is 5.63. The van der Waals surface area contributed by atoms with Crippen molar-refractivity contribution in [3.05, 3.63) is 58.7 Å². The van der Waals surface area contributed by atoms with Gasteiger partial charge in [-0.25, -0.2) is 0 Å². The van der Waals surface area contributed by atoms with Crippen LogP contribution < -0.4 is 0 Å². The van der Waals surface area contributed by atoms with Gasteiger partial charge in [0.1, 0.15) is 0 Å². The van der Waals surface area contributed by atoms with Crippen LogP contribution in [-0.2, 0) is 15.7 Å². The molecule has 0 atom stereocenters. The minimum atomic E-state index is 0.969. The van der Waals surface area contributed by atoms with Gasteiger partial charge >= 0.3 is 199 Å².